The molecule has 122 heavy (non-hydrogen) atoms. The molecule has 3 N–H and O–H groups in total. The monoisotopic (exact) mass is 1560 g/mol. The van der Waals surface area contributed by atoms with Crippen LogP contribution in [0.3, 0.4) is 0 Å². The highest BCUT2D eigenvalue weighted by Gasteiger charge is 2.49. The maximum atomic E-state index is 3.82. The lowest BCUT2D eigenvalue weighted by Gasteiger charge is -2.34. The molecule has 20 aromatic rings. The van der Waals surface area contributed by atoms with E-state index in [2.05, 4.69) is 513 Å². The van der Waals surface area contributed by atoms with Crippen molar-refractivity contribution in [2.45, 2.75) is 16.2 Å². The molecule has 23 rings (SSSR count). The number of benzene rings is 20. The number of rotatable bonds is 15. The molecule has 3 nitrogen and oxygen atoms in total. The Labute approximate surface area is 714 Å². The predicted octanol–water partition coefficient (Wildman–Crippen LogP) is 30.7. The van der Waals surface area contributed by atoms with Crippen molar-refractivity contribution < 1.29 is 0 Å². The lowest BCUT2D eigenvalue weighted by Crippen LogP contribution is -2.28. The van der Waals surface area contributed by atoms with Gasteiger partial charge >= 0.3 is 0 Å². The summed E-state index contributed by atoms with van der Waals surface area (Å²) in [5, 5.41) is 16.1. The highest BCUT2D eigenvalue weighted by atomic mass is 14.9. The van der Waals surface area contributed by atoms with Crippen LogP contribution in [0.5, 0.6) is 0 Å². The van der Waals surface area contributed by atoms with Crippen LogP contribution in [0.1, 0.15) is 66.8 Å². The molecule has 0 amide bonds. The van der Waals surface area contributed by atoms with Gasteiger partial charge in [0.15, 0.2) is 0 Å². The van der Waals surface area contributed by atoms with Gasteiger partial charge < -0.3 is 16.0 Å². The Hall–Kier alpha value is -15.7. The molecular weight excluding hydrogens is 1470 g/mol. The highest BCUT2D eigenvalue weighted by molar-refractivity contribution is 6.05. The zero-order chi connectivity index (χ0) is 81.2. The van der Waals surface area contributed by atoms with E-state index in [1.807, 2.05) is 0 Å². The Kier molecular flexibility index (Phi) is 19.4. The van der Waals surface area contributed by atoms with Crippen molar-refractivity contribution in [2.24, 2.45) is 0 Å². The Morgan fingerprint density at radius 2 is 0.402 bits per heavy atom. The van der Waals surface area contributed by atoms with Crippen molar-refractivity contribution in [3.63, 3.8) is 0 Å². The van der Waals surface area contributed by atoms with E-state index in [4.69, 9.17) is 0 Å². The van der Waals surface area contributed by atoms with Crippen molar-refractivity contribution in [1.82, 2.24) is 0 Å². The molecule has 20 aromatic carbocycles. The number of fused-ring (bicyclic) bond motifs is 11. The molecule has 576 valence electrons. The molecule has 3 aliphatic carbocycles. The summed E-state index contributed by atoms with van der Waals surface area (Å²) < 4.78 is 0. The summed E-state index contributed by atoms with van der Waals surface area (Å²) in [7, 11) is 0. The van der Waals surface area contributed by atoms with Crippen molar-refractivity contribution in [2.75, 3.05) is 16.0 Å². The standard InChI is InChI=1S/2C41H29N.C37H27N/c1-4-14-29(15-5-1)33-26-27-40(37-22-11-10-20-34(33)37)42-32-24-25-36-35-21-12-13-23-38(35)41(39(36)28-32,30-16-6-2-7-17-30)31-18-8-3-9-19-31;1-4-12-29(13-5-1)30-20-21-32-27-35(23-22-31(32)26-30)42-36-24-25-38-37-18-10-11-19-39(37)41(40(38)28-36,33-14-6-2-7-15-33)34-16-8-3-9-17-34;1-4-12-27(13-5-1)28-20-22-31(23-21-28)38-32-24-25-34-33-18-10-11-19-35(33)37(36(34)26-32,29-14-6-2-7-15-29)30-16-8-3-9-17-30/h2*1-28,42H;1-26,38H. The second kappa shape index (κ2) is 32.0. The van der Waals surface area contributed by atoms with Gasteiger partial charge in [0.1, 0.15) is 0 Å². The zero-order valence-electron chi connectivity index (χ0n) is 67.3. The van der Waals surface area contributed by atoms with Gasteiger partial charge in [-0.25, -0.2) is 0 Å². The maximum absolute atomic E-state index is 3.82. The lowest BCUT2D eigenvalue weighted by atomic mass is 9.67. The molecule has 0 spiro atoms. The van der Waals surface area contributed by atoms with E-state index in [0.717, 1.165) is 34.1 Å². The number of hydrogen-bond acceptors (Lipinski definition) is 3. The Balaban J connectivity index is 0.000000113. The minimum Gasteiger partial charge on any atom is -0.356 e. The van der Waals surface area contributed by atoms with Crippen LogP contribution in [0.2, 0.25) is 0 Å². The first-order valence-corrected chi connectivity index (χ1v) is 42.2. The molecule has 0 aliphatic heterocycles. The van der Waals surface area contributed by atoms with Crippen molar-refractivity contribution in [3.05, 3.63) is 564 Å². The lowest BCUT2D eigenvalue weighted by molar-refractivity contribution is 0.769. The van der Waals surface area contributed by atoms with Gasteiger partial charge in [-0.2, -0.15) is 0 Å². The van der Waals surface area contributed by atoms with E-state index in [-0.39, 0.29) is 5.41 Å². The van der Waals surface area contributed by atoms with E-state index in [0.29, 0.717) is 0 Å². The van der Waals surface area contributed by atoms with E-state index in [9.17, 15) is 0 Å². The first-order chi connectivity index (χ1) is 60.5. The van der Waals surface area contributed by atoms with E-state index >= 15 is 0 Å². The fourth-order valence-electron chi connectivity index (χ4n) is 19.8. The zero-order valence-corrected chi connectivity index (χ0v) is 67.3. The summed E-state index contributed by atoms with van der Waals surface area (Å²) >= 11 is 0. The molecule has 3 heteroatoms. The van der Waals surface area contributed by atoms with Crippen molar-refractivity contribution in [1.29, 1.82) is 0 Å². The molecule has 0 saturated carbocycles. The normalized spacial score (nSPS) is 13.0. The average Bonchev–Trinajstić information content (AvgIpc) is 1.55. The minimum atomic E-state index is -0.411. The van der Waals surface area contributed by atoms with Gasteiger partial charge in [0, 0.05) is 39.5 Å². The summed E-state index contributed by atoms with van der Waals surface area (Å²) in [6.07, 6.45) is 0. The number of hydrogen-bond donors (Lipinski definition) is 3. The molecule has 0 atom stereocenters. The molecule has 0 saturated heterocycles. The van der Waals surface area contributed by atoms with E-state index in [1.54, 1.807) is 0 Å². The SMILES string of the molecule is c1ccc(-c2ccc(Nc3ccc4c(c3)C(c3ccccc3)(c3ccccc3)c3ccccc3-4)c3ccccc23)cc1.c1ccc(-c2ccc(Nc3ccc4c(c3)C(c3ccccc3)(c3ccccc3)c3ccccc3-4)cc2)cc1.c1ccc(-c2ccc3cc(Nc4ccc5c(c4)C(c4ccccc4)(c4ccccc4)c4ccccc4-5)ccc3c2)cc1. The van der Waals surface area contributed by atoms with Gasteiger partial charge in [-0.3, -0.25) is 0 Å². The van der Waals surface area contributed by atoms with Crippen LogP contribution in [0.4, 0.5) is 34.1 Å². The van der Waals surface area contributed by atoms with Crippen LogP contribution in [0.15, 0.2) is 497 Å². The molecule has 0 unspecified atom stereocenters. The minimum absolute atomic E-state index is 0.386. The summed E-state index contributed by atoms with van der Waals surface area (Å²) in [4.78, 5) is 0. The molecule has 0 fully saturated rings. The average molecular weight is 1560 g/mol. The molecule has 0 aromatic heterocycles. The molecule has 0 radical (unpaired) electrons. The first kappa shape index (κ1) is 73.9. The topological polar surface area (TPSA) is 36.1 Å². The Morgan fingerprint density at radius 3 is 0.811 bits per heavy atom. The molecular formula is C119H85N3. The van der Waals surface area contributed by atoms with Gasteiger partial charge in [0.2, 0.25) is 0 Å². The maximum Gasteiger partial charge on any atom is 0.0714 e. The third-order valence-corrected chi connectivity index (χ3v) is 25.2. The van der Waals surface area contributed by atoms with Crippen LogP contribution in [0, 0.1) is 0 Å². The Bertz CT molecular complexity index is 7040. The van der Waals surface area contributed by atoms with Crippen LogP contribution in [0.25, 0.3) is 88.3 Å². The number of anilines is 6. The number of nitrogens with one attached hydrogen (secondary N) is 3. The summed E-state index contributed by atoms with van der Waals surface area (Å²) in [5.74, 6) is 0. The third kappa shape index (κ3) is 13.0. The first-order valence-electron chi connectivity index (χ1n) is 42.2. The molecule has 3 aliphatic rings. The fourth-order valence-corrected chi connectivity index (χ4v) is 19.8. The van der Waals surface area contributed by atoms with Gasteiger partial charge in [-0.15, -0.1) is 0 Å². The van der Waals surface area contributed by atoms with Crippen LogP contribution >= 0.6 is 0 Å². The Morgan fingerprint density at radius 1 is 0.139 bits per heavy atom. The van der Waals surface area contributed by atoms with Gasteiger partial charge in [0.05, 0.1) is 16.2 Å². The summed E-state index contributed by atoms with van der Waals surface area (Å²) in [6, 6.07) is 180. The van der Waals surface area contributed by atoms with Gasteiger partial charge in [-0.05, 0) is 222 Å². The quantitative estimate of drug-likeness (QED) is 0.0957. The van der Waals surface area contributed by atoms with Crippen molar-refractivity contribution >= 4 is 55.7 Å². The van der Waals surface area contributed by atoms with E-state index in [1.165, 1.54) is 155 Å². The van der Waals surface area contributed by atoms with Crippen LogP contribution in [-0.2, 0) is 16.2 Å². The highest BCUT2D eigenvalue weighted by Crippen LogP contribution is 2.60. The van der Waals surface area contributed by atoms with Gasteiger partial charge in [-0.1, -0.05) is 425 Å². The van der Waals surface area contributed by atoms with Gasteiger partial charge in [0.25, 0.3) is 0 Å². The third-order valence-electron chi connectivity index (χ3n) is 25.2. The second-order valence-electron chi connectivity index (χ2n) is 31.9. The predicted molar refractivity (Wildman–Crippen MR) is 512 cm³/mol. The van der Waals surface area contributed by atoms with E-state index < -0.39 is 10.8 Å². The second-order valence-corrected chi connectivity index (χ2v) is 31.9. The van der Waals surface area contributed by atoms with Crippen molar-refractivity contribution in [3.8, 4) is 66.8 Å². The molecule has 0 bridgehead atoms. The summed E-state index contributed by atoms with van der Waals surface area (Å²) in [6.45, 7) is 0. The van der Waals surface area contributed by atoms with Crippen LogP contribution < -0.4 is 16.0 Å². The largest absolute Gasteiger partial charge is 0.356 e. The fraction of sp³-hybridized carbons (Fsp3) is 0.0252. The molecule has 0 heterocycles. The van der Waals surface area contributed by atoms with Crippen LogP contribution in [-0.4, -0.2) is 0 Å². The smallest absolute Gasteiger partial charge is 0.0714 e. The summed E-state index contributed by atoms with van der Waals surface area (Å²) in [5.41, 5.74) is 36.0.